The average Bonchev–Trinajstić information content (AvgIpc) is 2.30. The van der Waals surface area contributed by atoms with Crippen molar-refractivity contribution in [2.24, 2.45) is 0 Å². The third kappa shape index (κ3) is 4.81. The van der Waals surface area contributed by atoms with Crippen molar-refractivity contribution in [1.29, 1.82) is 0 Å². The van der Waals surface area contributed by atoms with Crippen LogP contribution in [0.25, 0.3) is 0 Å². The van der Waals surface area contributed by atoms with Gasteiger partial charge in [0.2, 0.25) is 0 Å². The van der Waals surface area contributed by atoms with Gasteiger partial charge in [0.1, 0.15) is 10.8 Å². The van der Waals surface area contributed by atoms with Crippen molar-refractivity contribution in [3.05, 3.63) is 29.0 Å². The molecule has 1 aromatic heterocycles. The Hall–Kier alpha value is -1.62. The molecule has 0 aromatic carbocycles. The fourth-order valence-electron chi connectivity index (χ4n) is 1.51. The van der Waals surface area contributed by atoms with E-state index in [-0.39, 0.29) is 11.8 Å². The van der Waals surface area contributed by atoms with E-state index in [1.54, 1.807) is 33.8 Å². The fraction of sp³-hybridized carbons (Fsp3) is 0.500. The highest BCUT2D eigenvalue weighted by Gasteiger charge is 2.34. The molecule has 1 aromatic rings. The molecule has 0 spiro atoms. The Morgan fingerprint density at radius 3 is 2.40 bits per heavy atom. The zero-order chi connectivity index (χ0) is 15.3. The van der Waals surface area contributed by atoms with Crippen molar-refractivity contribution in [3.8, 4) is 0 Å². The first-order chi connectivity index (χ1) is 9.24. The minimum atomic E-state index is -1.15. The van der Waals surface area contributed by atoms with Crippen molar-refractivity contribution >= 4 is 23.5 Å². The van der Waals surface area contributed by atoms with Crippen molar-refractivity contribution in [2.75, 3.05) is 6.61 Å². The Bertz CT molecular complexity index is 479. The maximum Gasteiger partial charge on any atom is 0.325 e. The van der Waals surface area contributed by atoms with E-state index in [0.717, 1.165) is 0 Å². The molecule has 0 fully saturated rings. The molecule has 1 heterocycles. The number of ether oxygens (including phenoxy) is 2. The lowest BCUT2D eigenvalue weighted by Crippen LogP contribution is -2.32. The third-order valence-corrected chi connectivity index (χ3v) is 2.47. The second-order valence-corrected chi connectivity index (χ2v) is 5.52. The number of hydrogen-bond donors (Lipinski definition) is 0. The number of hydrogen-bond acceptors (Lipinski definition) is 5. The van der Waals surface area contributed by atoms with Crippen molar-refractivity contribution < 1.29 is 19.1 Å². The molecule has 1 atom stereocenters. The summed E-state index contributed by atoms with van der Waals surface area (Å²) in [5.41, 5.74) is -0.302. The van der Waals surface area contributed by atoms with Crippen molar-refractivity contribution in [1.82, 2.24) is 4.98 Å². The van der Waals surface area contributed by atoms with E-state index in [1.165, 1.54) is 12.3 Å². The molecular weight excluding hydrogens is 282 g/mol. The van der Waals surface area contributed by atoms with Gasteiger partial charge in [-0.15, -0.1) is 0 Å². The molecule has 110 valence electrons. The molecule has 6 heteroatoms. The number of carbonyl (C=O) groups excluding carboxylic acids is 2. The Kier molecular flexibility index (Phi) is 5.51. The van der Waals surface area contributed by atoms with E-state index in [2.05, 4.69) is 4.98 Å². The topological polar surface area (TPSA) is 65.5 Å². The highest BCUT2D eigenvalue weighted by Crippen LogP contribution is 2.22. The molecule has 0 aliphatic rings. The molecule has 0 saturated carbocycles. The van der Waals surface area contributed by atoms with Crippen LogP contribution in [-0.2, 0) is 19.1 Å². The van der Waals surface area contributed by atoms with Crippen LogP contribution < -0.4 is 0 Å². The van der Waals surface area contributed by atoms with Gasteiger partial charge in [0.15, 0.2) is 5.92 Å². The second kappa shape index (κ2) is 6.70. The molecule has 0 bridgehead atoms. The molecular formula is C14H18ClNO4. The molecule has 1 unspecified atom stereocenters. The Balaban J connectivity index is 3.05. The van der Waals surface area contributed by atoms with Crippen LogP contribution in [0.1, 0.15) is 39.2 Å². The lowest BCUT2D eigenvalue weighted by atomic mass is 10.0. The quantitative estimate of drug-likeness (QED) is 0.486. The Morgan fingerprint density at radius 2 is 1.95 bits per heavy atom. The van der Waals surface area contributed by atoms with Gasteiger partial charge in [-0.3, -0.25) is 9.59 Å². The fourth-order valence-corrected chi connectivity index (χ4v) is 1.62. The monoisotopic (exact) mass is 299 g/mol. The zero-order valence-electron chi connectivity index (χ0n) is 12.0. The number of esters is 2. The number of halogens is 1. The molecule has 0 N–H and O–H groups in total. The molecule has 0 radical (unpaired) electrons. The van der Waals surface area contributed by atoms with Crippen LogP contribution in [0.3, 0.4) is 0 Å². The Labute approximate surface area is 123 Å². The summed E-state index contributed by atoms with van der Waals surface area (Å²) < 4.78 is 10.2. The van der Waals surface area contributed by atoms with Crippen LogP contribution in [-0.4, -0.2) is 29.1 Å². The maximum atomic E-state index is 12.2. The summed E-state index contributed by atoms with van der Waals surface area (Å²) in [6.45, 7) is 7.04. The molecule has 0 saturated heterocycles. The number of carbonyl (C=O) groups is 2. The number of aromatic nitrogens is 1. The smallest absolute Gasteiger partial charge is 0.325 e. The molecule has 0 aliphatic heterocycles. The van der Waals surface area contributed by atoms with Crippen LogP contribution in [0.2, 0.25) is 5.15 Å². The summed E-state index contributed by atoms with van der Waals surface area (Å²) in [5.74, 6) is -2.48. The van der Waals surface area contributed by atoms with Crippen LogP contribution in [0.5, 0.6) is 0 Å². The first-order valence-electron chi connectivity index (χ1n) is 6.25. The normalized spacial score (nSPS) is 12.7. The third-order valence-electron chi connectivity index (χ3n) is 2.25. The summed E-state index contributed by atoms with van der Waals surface area (Å²) in [4.78, 5) is 28.0. The van der Waals surface area contributed by atoms with Crippen LogP contribution in [0, 0.1) is 0 Å². The summed E-state index contributed by atoms with van der Waals surface area (Å²) >= 11 is 5.70. The molecule has 20 heavy (non-hydrogen) atoms. The van der Waals surface area contributed by atoms with E-state index < -0.39 is 23.5 Å². The van der Waals surface area contributed by atoms with E-state index in [4.69, 9.17) is 21.1 Å². The summed E-state index contributed by atoms with van der Waals surface area (Å²) in [6, 6.07) is 3.06. The van der Waals surface area contributed by atoms with E-state index in [1.807, 2.05) is 0 Å². The first-order valence-corrected chi connectivity index (χ1v) is 6.63. The second-order valence-electron chi connectivity index (χ2n) is 5.13. The number of nitrogens with zero attached hydrogens (tertiary/aromatic N) is 1. The van der Waals surface area contributed by atoms with Gasteiger partial charge in [-0.1, -0.05) is 17.7 Å². The minimum Gasteiger partial charge on any atom is -0.465 e. The number of rotatable bonds is 4. The summed E-state index contributed by atoms with van der Waals surface area (Å²) in [7, 11) is 0. The van der Waals surface area contributed by atoms with Crippen LogP contribution in [0.4, 0.5) is 0 Å². The van der Waals surface area contributed by atoms with Gasteiger partial charge >= 0.3 is 11.9 Å². The highest BCUT2D eigenvalue weighted by atomic mass is 35.5. The SMILES string of the molecule is CCOC(=O)C(C(=O)OC(C)(C)C)c1ccc(Cl)nc1. The van der Waals surface area contributed by atoms with Gasteiger partial charge in [-0.2, -0.15) is 0 Å². The summed E-state index contributed by atoms with van der Waals surface area (Å²) in [5, 5.41) is 0.278. The van der Waals surface area contributed by atoms with Crippen molar-refractivity contribution in [2.45, 2.75) is 39.2 Å². The van der Waals surface area contributed by atoms with Gasteiger partial charge in [-0.05, 0) is 39.3 Å². The summed E-state index contributed by atoms with van der Waals surface area (Å²) in [6.07, 6.45) is 1.37. The molecule has 1 rings (SSSR count). The van der Waals surface area contributed by atoms with Gasteiger partial charge in [0.25, 0.3) is 0 Å². The van der Waals surface area contributed by atoms with Crippen LogP contribution >= 0.6 is 11.6 Å². The molecule has 0 amide bonds. The lowest BCUT2D eigenvalue weighted by Gasteiger charge is -2.23. The Morgan fingerprint density at radius 1 is 1.30 bits per heavy atom. The predicted molar refractivity (Wildman–Crippen MR) is 74.5 cm³/mol. The van der Waals surface area contributed by atoms with E-state index >= 15 is 0 Å². The highest BCUT2D eigenvalue weighted by molar-refractivity contribution is 6.29. The molecule has 5 nitrogen and oxygen atoms in total. The zero-order valence-corrected chi connectivity index (χ0v) is 12.7. The van der Waals surface area contributed by atoms with Gasteiger partial charge in [0.05, 0.1) is 6.61 Å². The van der Waals surface area contributed by atoms with Gasteiger partial charge in [0, 0.05) is 6.20 Å². The van der Waals surface area contributed by atoms with Gasteiger partial charge < -0.3 is 9.47 Å². The van der Waals surface area contributed by atoms with Gasteiger partial charge in [-0.25, -0.2) is 4.98 Å². The largest absolute Gasteiger partial charge is 0.465 e. The standard InChI is InChI=1S/C14H18ClNO4/c1-5-19-12(17)11(13(18)20-14(2,3)4)9-6-7-10(15)16-8-9/h6-8,11H,5H2,1-4H3. The minimum absolute atomic E-state index is 0.180. The average molecular weight is 300 g/mol. The van der Waals surface area contributed by atoms with Crippen LogP contribution in [0.15, 0.2) is 18.3 Å². The van der Waals surface area contributed by atoms with Crippen molar-refractivity contribution in [3.63, 3.8) is 0 Å². The maximum absolute atomic E-state index is 12.2. The predicted octanol–water partition coefficient (Wildman–Crippen LogP) is 2.72. The number of pyridine rings is 1. The van der Waals surface area contributed by atoms with E-state index in [9.17, 15) is 9.59 Å². The first kappa shape index (κ1) is 16.4. The van der Waals surface area contributed by atoms with E-state index in [0.29, 0.717) is 5.56 Å². The lowest BCUT2D eigenvalue weighted by molar-refractivity contribution is -0.164. The molecule has 0 aliphatic carbocycles.